The topological polar surface area (TPSA) is 52.0 Å². The van der Waals surface area contributed by atoms with Crippen LogP contribution in [0.2, 0.25) is 0 Å². The van der Waals surface area contributed by atoms with E-state index in [1.165, 1.54) is 2.88 Å². The van der Waals surface area contributed by atoms with E-state index >= 15 is 0 Å². The zero-order chi connectivity index (χ0) is 11.0. The van der Waals surface area contributed by atoms with Crippen molar-refractivity contribution in [3.8, 4) is 11.3 Å². The van der Waals surface area contributed by atoms with E-state index in [0.29, 0.717) is 11.7 Å². The summed E-state index contributed by atoms with van der Waals surface area (Å²) in [6.45, 7) is 4.17. The average Bonchev–Trinajstić information content (AvgIpc) is 2.71. The molecular weight excluding hydrogens is 323 g/mol. The summed E-state index contributed by atoms with van der Waals surface area (Å²) in [5.74, 6) is 1.63. The minimum atomic E-state index is 0.323. The normalized spacial score (nSPS) is 11.2. The summed E-state index contributed by atoms with van der Waals surface area (Å²) in [5.41, 5.74) is 7.85. The van der Waals surface area contributed by atoms with Crippen LogP contribution in [-0.2, 0) is 0 Å². The fraction of sp³-hybridized carbons (Fsp3) is 0.300. The first-order valence-electron chi connectivity index (χ1n) is 4.59. The van der Waals surface area contributed by atoms with Crippen LogP contribution in [0.15, 0.2) is 16.0 Å². The zero-order valence-electron chi connectivity index (χ0n) is 8.45. The first-order valence-corrected chi connectivity index (χ1v) is 6.55. The van der Waals surface area contributed by atoms with Crippen LogP contribution in [0.25, 0.3) is 11.3 Å². The summed E-state index contributed by atoms with van der Waals surface area (Å²) in [5, 5.41) is 5.89. The molecule has 2 aromatic rings. The summed E-state index contributed by atoms with van der Waals surface area (Å²) < 4.78 is 6.51. The molecule has 0 radical (unpaired) electrons. The number of aromatic nitrogens is 1. The molecule has 2 aromatic heterocycles. The van der Waals surface area contributed by atoms with E-state index in [1.54, 1.807) is 11.3 Å². The Labute approximate surface area is 106 Å². The number of halogens is 1. The molecule has 80 valence electrons. The number of nitrogens with two attached hydrogens (primary N) is 1. The lowest BCUT2D eigenvalue weighted by Crippen LogP contribution is -1.94. The molecule has 0 aliphatic carbocycles. The second-order valence-corrected chi connectivity index (χ2v) is 6.41. The van der Waals surface area contributed by atoms with Gasteiger partial charge in [0.15, 0.2) is 11.6 Å². The molecular formula is C10H11IN2OS. The van der Waals surface area contributed by atoms with Crippen LogP contribution >= 0.6 is 33.9 Å². The summed E-state index contributed by atoms with van der Waals surface area (Å²) in [6.07, 6.45) is 0. The van der Waals surface area contributed by atoms with Crippen molar-refractivity contribution < 1.29 is 4.52 Å². The number of hydrogen-bond donors (Lipinski definition) is 1. The van der Waals surface area contributed by atoms with Crippen molar-refractivity contribution in [1.82, 2.24) is 5.16 Å². The Bertz CT molecular complexity index is 475. The molecule has 5 heteroatoms. The van der Waals surface area contributed by atoms with Gasteiger partial charge in [-0.2, -0.15) is 0 Å². The predicted octanol–water partition coefficient (Wildman–Crippen LogP) is 3.71. The van der Waals surface area contributed by atoms with Gasteiger partial charge in [0.1, 0.15) is 0 Å². The Morgan fingerprint density at radius 1 is 1.53 bits per heavy atom. The van der Waals surface area contributed by atoms with Crippen molar-refractivity contribution in [2.24, 2.45) is 0 Å². The number of nitrogens with zero attached hydrogens (tertiary/aromatic N) is 1. The third-order valence-electron chi connectivity index (χ3n) is 2.16. The molecule has 0 spiro atoms. The molecule has 3 nitrogen and oxygen atoms in total. The molecule has 0 aliphatic rings. The van der Waals surface area contributed by atoms with Gasteiger partial charge in [-0.1, -0.05) is 19.0 Å². The second-order valence-electron chi connectivity index (χ2n) is 3.60. The fourth-order valence-corrected chi connectivity index (χ4v) is 2.83. The maximum atomic E-state index is 5.78. The third-order valence-corrected chi connectivity index (χ3v) is 3.95. The Morgan fingerprint density at radius 2 is 2.27 bits per heavy atom. The fourth-order valence-electron chi connectivity index (χ4n) is 1.50. The number of thiophene rings is 1. The molecule has 2 N–H and O–H groups in total. The van der Waals surface area contributed by atoms with Crippen LogP contribution in [0.4, 0.5) is 5.82 Å². The summed E-state index contributed by atoms with van der Waals surface area (Å²) >= 11 is 3.98. The Kier molecular flexibility index (Phi) is 3.01. The minimum absolute atomic E-state index is 0.323. The predicted molar refractivity (Wildman–Crippen MR) is 71.0 cm³/mol. The Balaban J connectivity index is 2.53. The van der Waals surface area contributed by atoms with Gasteiger partial charge >= 0.3 is 0 Å². The van der Waals surface area contributed by atoms with Crippen molar-refractivity contribution in [2.75, 3.05) is 5.73 Å². The molecule has 0 unspecified atom stereocenters. The number of anilines is 1. The van der Waals surface area contributed by atoms with Crippen LogP contribution in [0.3, 0.4) is 0 Å². The van der Waals surface area contributed by atoms with Gasteiger partial charge in [-0.05, 0) is 34.6 Å². The van der Waals surface area contributed by atoms with Crippen molar-refractivity contribution in [2.45, 2.75) is 19.8 Å². The van der Waals surface area contributed by atoms with Crippen LogP contribution < -0.4 is 5.73 Å². The Hall–Kier alpha value is -0.560. The molecule has 0 atom stereocenters. The van der Waals surface area contributed by atoms with Crippen molar-refractivity contribution in [3.05, 3.63) is 19.9 Å². The molecule has 0 bridgehead atoms. The first-order chi connectivity index (χ1) is 7.09. The molecule has 0 aliphatic heterocycles. The SMILES string of the molecule is CC(C)c1c(N)noc1-c1csc(I)c1. The van der Waals surface area contributed by atoms with Gasteiger partial charge in [-0.25, -0.2) is 0 Å². The highest BCUT2D eigenvalue weighted by atomic mass is 127. The summed E-state index contributed by atoms with van der Waals surface area (Å²) in [4.78, 5) is 0. The standard InChI is InChI=1S/C10H11IN2OS/c1-5(2)8-9(14-13-10(8)12)6-3-7(11)15-4-6/h3-5H,1-2H3,(H2,12,13). The van der Waals surface area contributed by atoms with E-state index in [2.05, 4.69) is 53.0 Å². The minimum Gasteiger partial charge on any atom is -0.381 e. The van der Waals surface area contributed by atoms with Gasteiger partial charge in [-0.15, -0.1) is 11.3 Å². The summed E-state index contributed by atoms with van der Waals surface area (Å²) in [6, 6.07) is 2.08. The van der Waals surface area contributed by atoms with Gasteiger partial charge < -0.3 is 10.3 Å². The highest BCUT2D eigenvalue weighted by Crippen LogP contribution is 2.35. The maximum absolute atomic E-state index is 5.78. The highest BCUT2D eigenvalue weighted by molar-refractivity contribution is 14.1. The third kappa shape index (κ3) is 2.03. The zero-order valence-corrected chi connectivity index (χ0v) is 11.4. The molecule has 0 saturated heterocycles. The van der Waals surface area contributed by atoms with Gasteiger partial charge in [0, 0.05) is 16.5 Å². The van der Waals surface area contributed by atoms with Crippen molar-refractivity contribution in [1.29, 1.82) is 0 Å². The monoisotopic (exact) mass is 334 g/mol. The molecule has 2 heterocycles. The second kappa shape index (κ2) is 4.13. The number of rotatable bonds is 2. The largest absolute Gasteiger partial charge is 0.381 e. The average molecular weight is 334 g/mol. The van der Waals surface area contributed by atoms with E-state index in [0.717, 1.165) is 16.9 Å². The van der Waals surface area contributed by atoms with E-state index in [9.17, 15) is 0 Å². The van der Waals surface area contributed by atoms with Crippen molar-refractivity contribution >= 4 is 39.7 Å². The summed E-state index contributed by atoms with van der Waals surface area (Å²) in [7, 11) is 0. The lowest BCUT2D eigenvalue weighted by Gasteiger charge is -2.03. The van der Waals surface area contributed by atoms with Gasteiger partial charge in [0.25, 0.3) is 0 Å². The van der Waals surface area contributed by atoms with Crippen LogP contribution in [0.5, 0.6) is 0 Å². The van der Waals surface area contributed by atoms with Crippen LogP contribution in [0, 0.1) is 2.88 Å². The highest BCUT2D eigenvalue weighted by Gasteiger charge is 2.19. The smallest absolute Gasteiger partial charge is 0.173 e. The van der Waals surface area contributed by atoms with Gasteiger partial charge in [-0.3, -0.25) is 0 Å². The number of hydrogen-bond acceptors (Lipinski definition) is 4. The molecule has 2 rings (SSSR count). The molecule has 0 aromatic carbocycles. The molecule has 15 heavy (non-hydrogen) atoms. The first kappa shape index (κ1) is 10.9. The molecule has 0 saturated carbocycles. The quantitative estimate of drug-likeness (QED) is 0.852. The van der Waals surface area contributed by atoms with E-state index < -0.39 is 0 Å². The van der Waals surface area contributed by atoms with E-state index in [-0.39, 0.29) is 0 Å². The van der Waals surface area contributed by atoms with Gasteiger partial charge in [0.05, 0.1) is 2.88 Å². The van der Waals surface area contributed by atoms with Crippen LogP contribution in [0.1, 0.15) is 25.3 Å². The lowest BCUT2D eigenvalue weighted by molar-refractivity contribution is 0.434. The van der Waals surface area contributed by atoms with Gasteiger partial charge in [0.2, 0.25) is 0 Å². The maximum Gasteiger partial charge on any atom is 0.173 e. The molecule has 0 fully saturated rings. The van der Waals surface area contributed by atoms with E-state index in [1.807, 2.05) is 0 Å². The Morgan fingerprint density at radius 3 is 2.80 bits per heavy atom. The van der Waals surface area contributed by atoms with Crippen molar-refractivity contribution in [3.63, 3.8) is 0 Å². The van der Waals surface area contributed by atoms with E-state index in [4.69, 9.17) is 10.3 Å². The molecule has 0 amide bonds. The lowest BCUT2D eigenvalue weighted by atomic mass is 10.0. The van der Waals surface area contributed by atoms with Crippen LogP contribution in [-0.4, -0.2) is 5.16 Å². The number of nitrogen functional groups attached to an aromatic ring is 1.